The molecule has 2 nitrogen and oxygen atoms in total. The minimum atomic E-state index is -0.887. The smallest absolute Gasteiger partial charge is 0.307 e. The maximum atomic E-state index is 12.8. The van der Waals surface area contributed by atoms with Gasteiger partial charge in [-0.1, -0.05) is 18.2 Å². The Labute approximate surface area is 89.2 Å². The Kier molecular flexibility index (Phi) is 3.83. The Morgan fingerprint density at radius 3 is 2.86 bits per heavy atom. The van der Waals surface area contributed by atoms with Crippen molar-refractivity contribution in [1.29, 1.82) is 0 Å². The van der Waals surface area contributed by atoms with Crippen molar-refractivity contribution >= 4 is 28.0 Å². The van der Waals surface area contributed by atoms with Gasteiger partial charge in [-0.05, 0) is 33.6 Å². The number of aliphatic carboxylic acids is 1. The van der Waals surface area contributed by atoms with Gasteiger partial charge in [0.25, 0.3) is 0 Å². The Morgan fingerprint density at radius 1 is 1.57 bits per heavy atom. The van der Waals surface area contributed by atoms with E-state index in [4.69, 9.17) is 5.11 Å². The van der Waals surface area contributed by atoms with Gasteiger partial charge in [0.1, 0.15) is 5.82 Å². The van der Waals surface area contributed by atoms with Gasteiger partial charge in [-0.15, -0.1) is 0 Å². The van der Waals surface area contributed by atoms with E-state index in [9.17, 15) is 9.18 Å². The zero-order valence-corrected chi connectivity index (χ0v) is 8.79. The second-order valence-electron chi connectivity index (χ2n) is 2.67. The van der Waals surface area contributed by atoms with E-state index in [2.05, 4.69) is 15.9 Å². The lowest BCUT2D eigenvalue weighted by Gasteiger charge is -1.96. The molecule has 0 unspecified atom stereocenters. The summed E-state index contributed by atoms with van der Waals surface area (Å²) in [6.07, 6.45) is 3.12. The van der Waals surface area contributed by atoms with Gasteiger partial charge in [0.05, 0.1) is 10.9 Å². The molecule has 1 rings (SSSR count). The fraction of sp³-hybridized carbons (Fsp3) is 0.100. The molecule has 14 heavy (non-hydrogen) atoms. The normalized spacial score (nSPS) is 10.7. The molecule has 1 aromatic rings. The van der Waals surface area contributed by atoms with Crippen molar-refractivity contribution in [2.24, 2.45) is 0 Å². The molecule has 0 spiro atoms. The highest BCUT2D eigenvalue weighted by atomic mass is 79.9. The van der Waals surface area contributed by atoms with Crippen LogP contribution in [0.5, 0.6) is 0 Å². The molecule has 0 saturated heterocycles. The SMILES string of the molecule is O=C(O)CC=Cc1ccc(F)c(Br)c1. The van der Waals surface area contributed by atoms with Crippen molar-refractivity contribution in [3.63, 3.8) is 0 Å². The average Bonchev–Trinajstić information content (AvgIpc) is 2.10. The lowest BCUT2D eigenvalue weighted by molar-refractivity contribution is -0.135. The van der Waals surface area contributed by atoms with Crippen LogP contribution in [0.2, 0.25) is 0 Å². The number of hydrogen-bond acceptors (Lipinski definition) is 1. The minimum absolute atomic E-state index is 0.0327. The van der Waals surface area contributed by atoms with Gasteiger partial charge in [0.15, 0.2) is 0 Å². The predicted molar refractivity (Wildman–Crippen MR) is 55.4 cm³/mol. The summed E-state index contributed by atoms with van der Waals surface area (Å²) in [5.41, 5.74) is 0.763. The maximum absolute atomic E-state index is 12.8. The van der Waals surface area contributed by atoms with Crippen molar-refractivity contribution < 1.29 is 14.3 Å². The van der Waals surface area contributed by atoms with E-state index in [0.717, 1.165) is 5.56 Å². The number of halogens is 2. The zero-order valence-electron chi connectivity index (χ0n) is 7.21. The first-order chi connectivity index (χ1) is 6.59. The summed E-state index contributed by atoms with van der Waals surface area (Å²) in [5.74, 6) is -1.22. The summed E-state index contributed by atoms with van der Waals surface area (Å²) in [6, 6.07) is 4.50. The average molecular weight is 259 g/mol. The molecular formula is C10H8BrFO2. The first-order valence-electron chi connectivity index (χ1n) is 3.93. The molecule has 0 bridgehead atoms. The molecule has 74 valence electrons. The van der Waals surface area contributed by atoms with E-state index in [1.807, 2.05) is 0 Å². The van der Waals surface area contributed by atoms with Crippen LogP contribution >= 0.6 is 15.9 Å². The van der Waals surface area contributed by atoms with Crippen molar-refractivity contribution in [2.75, 3.05) is 0 Å². The molecular weight excluding hydrogens is 251 g/mol. The summed E-state index contributed by atoms with van der Waals surface area (Å²) in [5, 5.41) is 8.37. The third-order valence-corrected chi connectivity index (χ3v) is 2.15. The molecule has 0 aliphatic heterocycles. The van der Waals surface area contributed by atoms with Crippen molar-refractivity contribution in [2.45, 2.75) is 6.42 Å². The van der Waals surface area contributed by atoms with Gasteiger partial charge < -0.3 is 5.11 Å². The van der Waals surface area contributed by atoms with Crippen LogP contribution in [0.15, 0.2) is 28.7 Å². The number of carbonyl (C=O) groups is 1. The number of carboxylic acids is 1. The Morgan fingerprint density at radius 2 is 2.29 bits per heavy atom. The van der Waals surface area contributed by atoms with E-state index in [0.29, 0.717) is 4.47 Å². The topological polar surface area (TPSA) is 37.3 Å². The summed E-state index contributed by atoms with van der Waals surface area (Å²) in [7, 11) is 0. The van der Waals surface area contributed by atoms with Gasteiger partial charge in [-0.3, -0.25) is 4.79 Å². The van der Waals surface area contributed by atoms with Crippen LogP contribution in [-0.4, -0.2) is 11.1 Å². The lowest BCUT2D eigenvalue weighted by Crippen LogP contribution is -1.89. The highest BCUT2D eigenvalue weighted by molar-refractivity contribution is 9.10. The molecule has 1 N–H and O–H groups in total. The van der Waals surface area contributed by atoms with Crippen molar-refractivity contribution in [1.82, 2.24) is 0 Å². The van der Waals surface area contributed by atoms with Gasteiger partial charge in [0.2, 0.25) is 0 Å². The van der Waals surface area contributed by atoms with E-state index in [-0.39, 0.29) is 12.2 Å². The van der Waals surface area contributed by atoms with Crippen LogP contribution in [0.1, 0.15) is 12.0 Å². The van der Waals surface area contributed by atoms with Crippen molar-refractivity contribution in [3.8, 4) is 0 Å². The fourth-order valence-corrected chi connectivity index (χ4v) is 1.31. The number of benzene rings is 1. The zero-order chi connectivity index (χ0) is 10.6. The lowest BCUT2D eigenvalue weighted by atomic mass is 10.2. The summed E-state index contributed by atoms with van der Waals surface area (Å²) in [6.45, 7) is 0. The number of carboxylic acid groups (broad SMARTS) is 1. The molecule has 0 amide bonds. The van der Waals surface area contributed by atoms with Gasteiger partial charge >= 0.3 is 5.97 Å². The molecule has 0 aliphatic rings. The minimum Gasteiger partial charge on any atom is -0.481 e. The summed E-state index contributed by atoms with van der Waals surface area (Å²) >= 11 is 3.04. The van der Waals surface area contributed by atoms with Crippen LogP contribution in [0.3, 0.4) is 0 Å². The molecule has 1 aromatic carbocycles. The third-order valence-electron chi connectivity index (χ3n) is 1.55. The third kappa shape index (κ3) is 3.30. The van der Waals surface area contributed by atoms with E-state index >= 15 is 0 Å². The number of rotatable bonds is 3. The monoisotopic (exact) mass is 258 g/mol. The molecule has 0 fully saturated rings. The summed E-state index contributed by atoms with van der Waals surface area (Å²) in [4.78, 5) is 10.2. The van der Waals surface area contributed by atoms with E-state index in [1.165, 1.54) is 12.1 Å². The second-order valence-corrected chi connectivity index (χ2v) is 3.53. The molecule has 0 aliphatic carbocycles. The molecule has 4 heteroatoms. The molecule has 0 aromatic heterocycles. The highest BCUT2D eigenvalue weighted by Crippen LogP contribution is 2.17. The Hall–Kier alpha value is -1.16. The summed E-state index contributed by atoms with van der Waals surface area (Å²) < 4.78 is 13.2. The molecule has 0 saturated carbocycles. The largest absolute Gasteiger partial charge is 0.481 e. The fourth-order valence-electron chi connectivity index (χ4n) is 0.912. The highest BCUT2D eigenvalue weighted by Gasteiger charge is 1.97. The quantitative estimate of drug-likeness (QED) is 0.905. The van der Waals surface area contributed by atoms with E-state index in [1.54, 1.807) is 18.2 Å². The standard InChI is InChI=1S/C10H8BrFO2/c11-8-6-7(4-5-9(8)12)2-1-3-10(13)14/h1-2,4-6H,3H2,(H,13,14). The Bertz CT molecular complexity index is 374. The van der Waals surface area contributed by atoms with Crippen molar-refractivity contribution in [3.05, 3.63) is 40.1 Å². The maximum Gasteiger partial charge on any atom is 0.307 e. The molecule has 0 atom stereocenters. The molecule has 0 heterocycles. The molecule has 0 radical (unpaired) electrons. The van der Waals surface area contributed by atoms with Gasteiger partial charge in [0, 0.05) is 0 Å². The van der Waals surface area contributed by atoms with Gasteiger partial charge in [-0.25, -0.2) is 4.39 Å². The predicted octanol–water partition coefficient (Wildman–Crippen LogP) is 3.08. The second kappa shape index (κ2) is 4.91. The van der Waals surface area contributed by atoms with Gasteiger partial charge in [-0.2, -0.15) is 0 Å². The van der Waals surface area contributed by atoms with E-state index < -0.39 is 5.97 Å². The van der Waals surface area contributed by atoms with Crippen LogP contribution in [0.25, 0.3) is 6.08 Å². The van der Waals surface area contributed by atoms with Crippen LogP contribution in [0.4, 0.5) is 4.39 Å². The first-order valence-corrected chi connectivity index (χ1v) is 4.72. The first kappa shape index (κ1) is 10.9. The number of hydrogen-bond donors (Lipinski definition) is 1. The Balaban J connectivity index is 2.73. The van der Waals surface area contributed by atoms with Crippen LogP contribution < -0.4 is 0 Å². The van der Waals surface area contributed by atoms with Crippen LogP contribution in [0, 0.1) is 5.82 Å². The van der Waals surface area contributed by atoms with Crippen LogP contribution in [-0.2, 0) is 4.79 Å².